The van der Waals surface area contributed by atoms with Gasteiger partial charge >= 0.3 is 6.08 Å². The predicted octanol–water partition coefficient (Wildman–Crippen LogP) is 2.13. The van der Waals surface area contributed by atoms with Crippen molar-refractivity contribution in [2.45, 2.75) is 25.3 Å². The first-order valence-corrected chi connectivity index (χ1v) is 6.02. The number of hydrogen-bond acceptors (Lipinski definition) is 4. The first kappa shape index (κ1) is 10.6. The van der Waals surface area contributed by atoms with Crippen LogP contribution in [-0.2, 0) is 6.42 Å². The Kier molecular flexibility index (Phi) is 2.73. The minimum absolute atomic E-state index is 0.340. The molecule has 4 heteroatoms. The summed E-state index contributed by atoms with van der Waals surface area (Å²) in [5.74, 6) is 0. The quantitative estimate of drug-likeness (QED) is 0.880. The second-order valence-electron chi connectivity index (χ2n) is 4.45. The van der Waals surface area contributed by atoms with Crippen LogP contribution in [0.1, 0.15) is 18.4 Å². The maximum absolute atomic E-state index is 5.47. The Labute approximate surface area is 100.0 Å². The van der Waals surface area contributed by atoms with Gasteiger partial charge in [-0.2, -0.15) is 4.98 Å². The molecule has 2 heterocycles. The molecule has 2 aromatic rings. The summed E-state index contributed by atoms with van der Waals surface area (Å²) in [6.07, 6.45) is 3.85. The number of aromatic nitrogens is 1. The third-order valence-electron chi connectivity index (χ3n) is 3.29. The summed E-state index contributed by atoms with van der Waals surface area (Å²) >= 11 is 0. The van der Waals surface area contributed by atoms with E-state index in [4.69, 9.17) is 9.15 Å². The minimum atomic E-state index is 0.340. The normalized spacial score (nSPS) is 19.9. The van der Waals surface area contributed by atoms with Gasteiger partial charge < -0.3 is 14.5 Å². The fraction of sp³-hybridized carbons (Fsp3) is 0.462. The van der Waals surface area contributed by atoms with Gasteiger partial charge in [0.05, 0.1) is 7.11 Å². The number of benzene rings is 1. The van der Waals surface area contributed by atoms with Gasteiger partial charge in [-0.25, -0.2) is 0 Å². The zero-order valence-electron chi connectivity index (χ0n) is 9.90. The van der Waals surface area contributed by atoms with Gasteiger partial charge in [-0.1, -0.05) is 12.1 Å². The number of nitrogens with one attached hydrogen (secondary N) is 1. The summed E-state index contributed by atoms with van der Waals surface area (Å²) in [6, 6.07) is 6.63. The van der Waals surface area contributed by atoms with Crippen LogP contribution >= 0.6 is 0 Å². The minimum Gasteiger partial charge on any atom is -0.453 e. The Bertz CT molecular complexity index is 515. The molecule has 4 nitrogen and oxygen atoms in total. The van der Waals surface area contributed by atoms with Crippen molar-refractivity contribution in [3.8, 4) is 6.08 Å². The lowest BCUT2D eigenvalue weighted by Crippen LogP contribution is -2.23. The van der Waals surface area contributed by atoms with E-state index in [1.807, 2.05) is 12.1 Å². The summed E-state index contributed by atoms with van der Waals surface area (Å²) in [5.41, 5.74) is 2.96. The predicted molar refractivity (Wildman–Crippen MR) is 65.3 cm³/mol. The van der Waals surface area contributed by atoms with Gasteiger partial charge in [0, 0.05) is 6.04 Å². The molecular weight excluding hydrogens is 216 g/mol. The van der Waals surface area contributed by atoms with Crippen molar-refractivity contribution < 1.29 is 9.15 Å². The molecule has 90 valence electrons. The van der Waals surface area contributed by atoms with E-state index >= 15 is 0 Å². The fourth-order valence-corrected chi connectivity index (χ4v) is 2.43. The number of para-hydroxylation sites is 1. The van der Waals surface area contributed by atoms with E-state index in [1.165, 1.54) is 18.4 Å². The van der Waals surface area contributed by atoms with Gasteiger partial charge in [-0.15, -0.1) is 0 Å². The standard InChI is InChI=1S/C13H16N2O2/c1-16-13-15-12-9(4-2-6-11(12)17-13)8-10-5-3-7-14-10/h2,4,6,10,14H,3,5,7-8H2,1H3. The van der Waals surface area contributed by atoms with Crippen molar-refractivity contribution in [2.24, 2.45) is 0 Å². The Morgan fingerprint density at radius 2 is 2.47 bits per heavy atom. The largest absolute Gasteiger partial charge is 0.453 e. The average molecular weight is 232 g/mol. The van der Waals surface area contributed by atoms with Gasteiger partial charge in [-0.3, -0.25) is 0 Å². The lowest BCUT2D eigenvalue weighted by molar-refractivity contribution is 0.299. The van der Waals surface area contributed by atoms with Crippen LogP contribution in [0, 0.1) is 0 Å². The van der Waals surface area contributed by atoms with Gasteiger partial charge in [-0.05, 0) is 37.4 Å². The summed E-state index contributed by atoms with van der Waals surface area (Å²) in [5, 5.41) is 3.50. The van der Waals surface area contributed by atoms with Gasteiger partial charge in [0.15, 0.2) is 5.58 Å². The third-order valence-corrected chi connectivity index (χ3v) is 3.29. The van der Waals surface area contributed by atoms with E-state index < -0.39 is 0 Å². The molecule has 1 atom stereocenters. The number of hydrogen-bond donors (Lipinski definition) is 1. The van der Waals surface area contributed by atoms with Crippen LogP contribution < -0.4 is 10.1 Å². The van der Waals surface area contributed by atoms with Crippen LogP contribution in [0.5, 0.6) is 6.08 Å². The summed E-state index contributed by atoms with van der Waals surface area (Å²) < 4.78 is 10.5. The highest BCUT2D eigenvalue weighted by Gasteiger charge is 2.17. The smallest absolute Gasteiger partial charge is 0.394 e. The molecule has 0 bridgehead atoms. The molecule has 1 aliphatic heterocycles. The van der Waals surface area contributed by atoms with E-state index in [1.54, 1.807) is 7.11 Å². The number of oxazole rings is 1. The summed E-state index contributed by atoms with van der Waals surface area (Å²) in [4.78, 5) is 4.36. The molecule has 0 amide bonds. The number of ether oxygens (including phenoxy) is 1. The molecule has 1 fully saturated rings. The van der Waals surface area contributed by atoms with Crippen molar-refractivity contribution in [3.63, 3.8) is 0 Å². The van der Waals surface area contributed by atoms with Crippen molar-refractivity contribution in [1.29, 1.82) is 0 Å². The third kappa shape index (κ3) is 2.00. The molecule has 1 aliphatic rings. The van der Waals surface area contributed by atoms with Gasteiger partial charge in [0.25, 0.3) is 0 Å². The molecular formula is C13H16N2O2. The van der Waals surface area contributed by atoms with Crippen LogP contribution in [0.25, 0.3) is 11.1 Å². The molecule has 1 unspecified atom stereocenters. The van der Waals surface area contributed by atoms with E-state index in [0.717, 1.165) is 24.1 Å². The molecule has 1 N–H and O–H groups in total. The van der Waals surface area contributed by atoms with Crippen molar-refractivity contribution in [2.75, 3.05) is 13.7 Å². The Morgan fingerprint density at radius 1 is 1.53 bits per heavy atom. The van der Waals surface area contributed by atoms with E-state index in [-0.39, 0.29) is 0 Å². The van der Waals surface area contributed by atoms with Gasteiger partial charge in [0.2, 0.25) is 0 Å². The Hall–Kier alpha value is -1.55. The van der Waals surface area contributed by atoms with Crippen LogP contribution in [0.3, 0.4) is 0 Å². The van der Waals surface area contributed by atoms with Crippen LogP contribution in [0.2, 0.25) is 0 Å². The summed E-state index contributed by atoms with van der Waals surface area (Å²) in [6.45, 7) is 1.13. The lowest BCUT2D eigenvalue weighted by Gasteiger charge is -2.09. The zero-order chi connectivity index (χ0) is 11.7. The highest BCUT2D eigenvalue weighted by atomic mass is 16.6. The van der Waals surface area contributed by atoms with Crippen LogP contribution in [-0.4, -0.2) is 24.7 Å². The molecule has 3 rings (SSSR count). The number of nitrogens with zero attached hydrogens (tertiary/aromatic N) is 1. The molecule has 1 aromatic heterocycles. The number of methoxy groups -OCH3 is 1. The molecule has 0 aliphatic carbocycles. The zero-order valence-corrected chi connectivity index (χ0v) is 9.90. The second kappa shape index (κ2) is 4.37. The summed E-state index contributed by atoms with van der Waals surface area (Å²) in [7, 11) is 1.57. The van der Waals surface area contributed by atoms with E-state index in [2.05, 4.69) is 16.4 Å². The van der Waals surface area contributed by atoms with Gasteiger partial charge in [0.1, 0.15) is 5.52 Å². The first-order valence-electron chi connectivity index (χ1n) is 6.02. The van der Waals surface area contributed by atoms with E-state index in [9.17, 15) is 0 Å². The SMILES string of the molecule is COc1nc2c(CC3CCCN3)cccc2o1. The molecule has 1 saturated heterocycles. The monoisotopic (exact) mass is 232 g/mol. The Morgan fingerprint density at radius 3 is 3.24 bits per heavy atom. The lowest BCUT2D eigenvalue weighted by atomic mass is 10.0. The Balaban J connectivity index is 1.94. The molecule has 0 spiro atoms. The van der Waals surface area contributed by atoms with Crippen molar-refractivity contribution >= 4 is 11.1 Å². The molecule has 17 heavy (non-hydrogen) atoms. The number of fused-ring (bicyclic) bond motifs is 1. The maximum Gasteiger partial charge on any atom is 0.394 e. The average Bonchev–Trinajstić information content (AvgIpc) is 2.97. The van der Waals surface area contributed by atoms with Crippen molar-refractivity contribution in [3.05, 3.63) is 23.8 Å². The van der Waals surface area contributed by atoms with Crippen LogP contribution in [0.4, 0.5) is 0 Å². The molecule has 0 saturated carbocycles. The number of rotatable bonds is 3. The molecule has 1 aromatic carbocycles. The topological polar surface area (TPSA) is 47.3 Å². The first-order chi connectivity index (χ1) is 8.36. The molecule has 0 radical (unpaired) electrons. The highest BCUT2D eigenvalue weighted by Crippen LogP contribution is 2.25. The maximum atomic E-state index is 5.47. The van der Waals surface area contributed by atoms with Crippen LogP contribution in [0.15, 0.2) is 22.6 Å². The second-order valence-corrected chi connectivity index (χ2v) is 4.45. The van der Waals surface area contributed by atoms with E-state index in [0.29, 0.717) is 12.1 Å². The fourth-order valence-electron chi connectivity index (χ4n) is 2.43. The van der Waals surface area contributed by atoms with Crippen molar-refractivity contribution in [1.82, 2.24) is 10.3 Å². The highest BCUT2D eigenvalue weighted by molar-refractivity contribution is 5.77.